The Balaban J connectivity index is 2.52. The predicted octanol–water partition coefficient (Wildman–Crippen LogP) is 1.71. The van der Waals surface area contributed by atoms with Crippen molar-refractivity contribution < 1.29 is 14.8 Å². The van der Waals surface area contributed by atoms with Gasteiger partial charge in [-0.05, 0) is 27.7 Å². The van der Waals surface area contributed by atoms with Crippen LogP contribution in [0.2, 0.25) is 0 Å². The van der Waals surface area contributed by atoms with E-state index in [0.29, 0.717) is 18.7 Å². The van der Waals surface area contributed by atoms with Crippen molar-refractivity contribution in [1.82, 2.24) is 4.90 Å². The van der Waals surface area contributed by atoms with E-state index in [9.17, 15) is 0 Å². The number of nitrogens with zero attached hydrogens (tertiary/aromatic N) is 1. The van der Waals surface area contributed by atoms with Gasteiger partial charge >= 0.3 is 0 Å². The first-order valence-electron chi connectivity index (χ1n) is 4.85. The summed E-state index contributed by atoms with van der Waals surface area (Å²) in [5.74, 6) is 0. The SMILES string of the molecule is CC(C)N(C(C)C)C1CCOOO1. The maximum absolute atomic E-state index is 5.07. The molecule has 1 aliphatic heterocycles. The van der Waals surface area contributed by atoms with Gasteiger partial charge in [-0.1, -0.05) is 5.04 Å². The highest BCUT2D eigenvalue weighted by molar-refractivity contribution is 4.71. The second kappa shape index (κ2) is 4.91. The minimum absolute atomic E-state index is 0.0220. The molecule has 0 amide bonds. The Morgan fingerprint density at radius 2 is 1.77 bits per heavy atom. The van der Waals surface area contributed by atoms with Gasteiger partial charge < -0.3 is 0 Å². The van der Waals surface area contributed by atoms with Gasteiger partial charge in [0.25, 0.3) is 0 Å². The van der Waals surface area contributed by atoms with Crippen molar-refractivity contribution in [3.8, 4) is 0 Å². The second-order valence-corrected chi connectivity index (χ2v) is 3.86. The molecule has 78 valence electrons. The molecular formula is C9H19NO3. The summed E-state index contributed by atoms with van der Waals surface area (Å²) in [5, 5.41) is 4.52. The Morgan fingerprint density at radius 3 is 2.15 bits per heavy atom. The fraction of sp³-hybridized carbons (Fsp3) is 1.00. The molecule has 0 N–H and O–H groups in total. The van der Waals surface area contributed by atoms with E-state index in [-0.39, 0.29) is 6.23 Å². The van der Waals surface area contributed by atoms with Gasteiger partial charge in [0.15, 0.2) is 6.23 Å². The molecule has 0 aromatic heterocycles. The van der Waals surface area contributed by atoms with Crippen molar-refractivity contribution in [2.45, 2.75) is 52.4 Å². The van der Waals surface area contributed by atoms with Gasteiger partial charge in [-0.3, -0.25) is 4.90 Å². The van der Waals surface area contributed by atoms with Crippen LogP contribution < -0.4 is 0 Å². The first-order chi connectivity index (χ1) is 6.13. The van der Waals surface area contributed by atoms with Crippen LogP contribution in [-0.4, -0.2) is 29.8 Å². The zero-order chi connectivity index (χ0) is 9.84. The first kappa shape index (κ1) is 10.9. The van der Waals surface area contributed by atoms with Crippen LogP contribution in [0.3, 0.4) is 0 Å². The van der Waals surface area contributed by atoms with Crippen LogP contribution in [0.15, 0.2) is 0 Å². The maximum Gasteiger partial charge on any atom is 0.152 e. The van der Waals surface area contributed by atoms with E-state index in [1.54, 1.807) is 0 Å². The van der Waals surface area contributed by atoms with E-state index in [0.717, 1.165) is 6.42 Å². The Morgan fingerprint density at radius 1 is 1.15 bits per heavy atom. The summed E-state index contributed by atoms with van der Waals surface area (Å²) >= 11 is 0. The molecule has 0 radical (unpaired) electrons. The fourth-order valence-corrected chi connectivity index (χ4v) is 1.76. The summed E-state index contributed by atoms with van der Waals surface area (Å²) in [4.78, 5) is 12.0. The summed E-state index contributed by atoms with van der Waals surface area (Å²) in [5.41, 5.74) is 0. The molecule has 1 fully saturated rings. The molecule has 0 bridgehead atoms. The number of hydrogen-bond acceptors (Lipinski definition) is 4. The Kier molecular flexibility index (Phi) is 4.12. The Labute approximate surface area is 79.6 Å². The molecule has 1 rings (SSSR count). The van der Waals surface area contributed by atoms with E-state index in [2.05, 4.69) is 42.5 Å². The molecule has 0 saturated carbocycles. The molecule has 1 saturated heterocycles. The molecule has 0 aliphatic carbocycles. The fourth-order valence-electron chi connectivity index (χ4n) is 1.76. The summed E-state index contributed by atoms with van der Waals surface area (Å²) in [6.07, 6.45) is 0.879. The summed E-state index contributed by atoms with van der Waals surface area (Å²) in [7, 11) is 0. The lowest BCUT2D eigenvalue weighted by atomic mass is 10.2. The summed E-state index contributed by atoms with van der Waals surface area (Å²) in [6.45, 7) is 9.20. The lowest BCUT2D eigenvalue weighted by molar-refractivity contribution is -0.562. The Bertz CT molecular complexity index is 136. The molecule has 1 atom stereocenters. The lowest BCUT2D eigenvalue weighted by Gasteiger charge is -2.37. The van der Waals surface area contributed by atoms with Gasteiger partial charge in [-0.2, -0.15) is 4.89 Å². The molecular weight excluding hydrogens is 170 g/mol. The van der Waals surface area contributed by atoms with E-state index in [1.165, 1.54) is 0 Å². The summed E-state index contributed by atoms with van der Waals surface area (Å²) in [6, 6.07) is 0.901. The van der Waals surface area contributed by atoms with Gasteiger partial charge in [0.2, 0.25) is 0 Å². The van der Waals surface area contributed by atoms with Gasteiger partial charge in [-0.15, -0.1) is 0 Å². The quantitative estimate of drug-likeness (QED) is 0.632. The van der Waals surface area contributed by atoms with Crippen LogP contribution in [0, 0.1) is 0 Å². The maximum atomic E-state index is 5.07. The molecule has 1 aliphatic rings. The van der Waals surface area contributed by atoms with Crippen LogP contribution in [0.25, 0.3) is 0 Å². The van der Waals surface area contributed by atoms with Crippen molar-refractivity contribution in [2.24, 2.45) is 0 Å². The van der Waals surface area contributed by atoms with Gasteiger partial charge in [0, 0.05) is 18.5 Å². The van der Waals surface area contributed by atoms with E-state index >= 15 is 0 Å². The summed E-state index contributed by atoms with van der Waals surface area (Å²) < 4.78 is 0. The van der Waals surface area contributed by atoms with Crippen molar-refractivity contribution in [3.05, 3.63) is 0 Å². The third-order valence-electron chi connectivity index (χ3n) is 2.17. The molecule has 1 unspecified atom stereocenters. The van der Waals surface area contributed by atoms with Crippen LogP contribution in [0.4, 0.5) is 0 Å². The molecule has 0 aromatic rings. The molecule has 4 heteroatoms. The third kappa shape index (κ3) is 2.91. The number of hydrogen-bond donors (Lipinski definition) is 0. The highest BCUT2D eigenvalue weighted by Gasteiger charge is 2.27. The van der Waals surface area contributed by atoms with Crippen LogP contribution in [0.1, 0.15) is 34.1 Å². The van der Waals surface area contributed by atoms with Crippen molar-refractivity contribution >= 4 is 0 Å². The van der Waals surface area contributed by atoms with Gasteiger partial charge in [-0.25, -0.2) is 4.89 Å². The minimum atomic E-state index is 0.0220. The van der Waals surface area contributed by atoms with E-state index in [4.69, 9.17) is 4.89 Å². The predicted molar refractivity (Wildman–Crippen MR) is 48.6 cm³/mol. The lowest BCUT2D eigenvalue weighted by Crippen LogP contribution is -2.48. The third-order valence-corrected chi connectivity index (χ3v) is 2.17. The van der Waals surface area contributed by atoms with Gasteiger partial charge in [0.05, 0.1) is 6.61 Å². The standard InChI is InChI=1S/C9H19NO3/c1-7(2)10(8(3)4)9-5-6-11-13-12-9/h7-9H,5-6H2,1-4H3. The molecule has 1 heterocycles. The number of rotatable bonds is 3. The monoisotopic (exact) mass is 189 g/mol. The van der Waals surface area contributed by atoms with E-state index < -0.39 is 0 Å². The second-order valence-electron chi connectivity index (χ2n) is 3.86. The van der Waals surface area contributed by atoms with Crippen LogP contribution in [0.5, 0.6) is 0 Å². The van der Waals surface area contributed by atoms with Crippen molar-refractivity contribution in [1.29, 1.82) is 0 Å². The highest BCUT2D eigenvalue weighted by Crippen LogP contribution is 2.18. The van der Waals surface area contributed by atoms with Gasteiger partial charge in [0.1, 0.15) is 0 Å². The highest BCUT2D eigenvalue weighted by atomic mass is 17.5. The zero-order valence-corrected chi connectivity index (χ0v) is 8.82. The van der Waals surface area contributed by atoms with Crippen LogP contribution >= 0.6 is 0 Å². The molecule has 0 spiro atoms. The molecule has 4 nitrogen and oxygen atoms in total. The normalized spacial score (nSPS) is 24.7. The average molecular weight is 189 g/mol. The van der Waals surface area contributed by atoms with E-state index in [1.807, 2.05) is 0 Å². The van der Waals surface area contributed by atoms with Crippen LogP contribution in [-0.2, 0) is 14.8 Å². The average Bonchev–Trinajstić information content (AvgIpc) is 2.04. The topological polar surface area (TPSA) is 30.9 Å². The Hall–Kier alpha value is -0.160. The smallest absolute Gasteiger partial charge is 0.152 e. The molecule has 13 heavy (non-hydrogen) atoms. The van der Waals surface area contributed by atoms with Crippen molar-refractivity contribution in [3.63, 3.8) is 0 Å². The largest absolute Gasteiger partial charge is 0.271 e. The first-order valence-corrected chi connectivity index (χ1v) is 4.85. The van der Waals surface area contributed by atoms with Crippen molar-refractivity contribution in [2.75, 3.05) is 6.61 Å². The minimum Gasteiger partial charge on any atom is -0.271 e. The molecule has 0 aromatic carbocycles. The zero-order valence-electron chi connectivity index (χ0n) is 8.82.